The van der Waals surface area contributed by atoms with E-state index in [4.69, 9.17) is 15.1 Å². The van der Waals surface area contributed by atoms with Gasteiger partial charge in [-0.3, -0.25) is 9.48 Å². The zero-order chi connectivity index (χ0) is 25.7. The van der Waals surface area contributed by atoms with E-state index >= 15 is 0 Å². The molecule has 1 aromatic carbocycles. The van der Waals surface area contributed by atoms with E-state index in [0.717, 1.165) is 10.9 Å². The first-order chi connectivity index (χ1) is 17.8. The SMILES string of the molecule is Cn1cc(CNc2nc(-c3nn(Cc4ccccc4F)c4ncccc34)nc3c2C(C)(C)C(=O)N3)cn1. The average molecular weight is 498 g/mol. The summed E-state index contributed by atoms with van der Waals surface area (Å²) in [5.74, 6) is 0.831. The fourth-order valence-corrected chi connectivity index (χ4v) is 4.58. The largest absolute Gasteiger partial charge is 0.365 e. The maximum atomic E-state index is 14.4. The molecule has 0 unspecified atom stereocenters. The van der Waals surface area contributed by atoms with Crippen LogP contribution in [0.3, 0.4) is 0 Å². The van der Waals surface area contributed by atoms with Crippen LogP contribution in [0.5, 0.6) is 0 Å². The summed E-state index contributed by atoms with van der Waals surface area (Å²) < 4.78 is 17.8. The molecule has 1 amide bonds. The van der Waals surface area contributed by atoms with E-state index in [-0.39, 0.29) is 18.3 Å². The van der Waals surface area contributed by atoms with E-state index in [9.17, 15) is 9.18 Å². The summed E-state index contributed by atoms with van der Waals surface area (Å²) in [6.45, 7) is 4.34. The summed E-state index contributed by atoms with van der Waals surface area (Å²) in [5, 5.41) is 15.9. The van der Waals surface area contributed by atoms with Gasteiger partial charge < -0.3 is 10.6 Å². The Kier molecular flexibility index (Phi) is 5.21. The summed E-state index contributed by atoms with van der Waals surface area (Å²) >= 11 is 0. The van der Waals surface area contributed by atoms with Gasteiger partial charge in [-0.15, -0.1) is 0 Å². The third kappa shape index (κ3) is 3.88. The van der Waals surface area contributed by atoms with Gasteiger partial charge in [-0.2, -0.15) is 10.2 Å². The molecule has 186 valence electrons. The molecular weight excluding hydrogens is 473 g/mol. The molecule has 1 aliphatic heterocycles. The van der Waals surface area contributed by atoms with Crippen molar-refractivity contribution in [3.8, 4) is 11.5 Å². The van der Waals surface area contributed by atoms with Crippen molar-refractivity contribution in [2.24, 2.45) is 7.05 Å². The first kappa shape index (κ1) is 22.8. The molecular formula is C26H24FN9O. The third-order valence-electron chi connectivity index (χ3n) is 6.55. The van der Waals surface area contributed by atoms with Gasteiger partial charge in [0.2, 0.25) is 5.91 Å². The maximum absolute atomic E-state index is 14.4. The molecule has 1 aliphatic rings. The quantitative estimate of drug-likeness (QED) is 0.368. The Hall–Kier alpha value is -4.67. The van der Waals surface area contributed by atoms with Crippen molar-refractivity contribution in [2.75, 3.05) is 10.6 Å². The third-order valence-corrected chi connectivity index (χ3v) is 6.55. The molecule has 0 saturated heterocycles. The van der Waals surface area contributed by atoms with Gasteiger partial charge in [-0.1, -0.05) is 18.2 Å². The number of amides is 1. The minimum absolute atomic E-state index is 0.157. The topological polar surface area (TPSA) is 115 Å². The van der Waals surface area contributed by atoms with E-state index < -0.39 is 5.41 Å². The molecule has 2 N–H and O–H groups in total. The van der Waals surface area contributed by atoms with Gasteiger partial charge in [-0.25, -0.2) is 24.0 Å². The Morgan fingerprint density at radius 1 is 1.14 bits per heavy atom. The predicted octanol–water partition coefficient (Wildman–Crippen LogP) is 3.65. The van der Waals surface area contributed by atoms with Crippen molar-refractivity contribution in [1.29, 1.82) is 0 Å². The lowest BCUT2D eigenvalue weighted by molar-refractivity contribution is -0.119. The summed E-state index contributed by atoms with van der Waals surface area (Å²) in [6.07, 6.45) is 5.35. The van der Waals surface area contributed by atoms with Gasteiger partial charge in [-0.05, 0) is 32.0 Å². The van der Waals surface area contributed by atoms with Gasteiger partial charge in [0.15, 0.2) is 11.5 Å². The molecule has 0 fully saturated rings. The van der Waals surface area contributed by atoms with Crippen molar-refractivity contribution in [2.45, 2.75) is 32.4 Å². The van der Waals surface area contributed by atoms with Crippen LogP contribution in [0, 0.1) is 5.82 Å². The molecule has 4 aromatic heterocycles. The van der Waals surface area contributed by atoms with Crippen molar-refractivity contribution >= 4 is 28.6 Å². The number of halogens is 1. The monoisotopic (exact) mass is 497 g/mol. The van der Waals surface area contributed by atoms with E-state index in [1.165, 1.54) is 6.07 Å². The Balaban J connectivity index is 1.47. The van der Waals surface area contributed by atoms with Crippen LogP contribution < -0.4 is 10.6 Å². The number of carbonyl (C=O) groups excluding carboxylic acids is 1. The molecule has 6 rings (SSSR count). The lowest BCUT2D eigenvalue weighted by atomic mass is 9.87. The van der Waals surface area contributed by atoms with Crippen LogP contribution in [0.2, 0.25) is 0 Å². The Bertz CT molecular complexity index is 1670. The highest BCUT2D eigenvalue weighted by atomic mass is 19.1. The van der Waals surface area contributed by atoms with Crippen LogP contribution in [-0.2, 0) is 30.3 Å². The second-order valence-corrected chi connectivity index (χ2v) is 9.55. The van der Waals surface area contributed by atoms with E-state index in [1.807, 2.05) is 33.2 Å². The number of nitrogens with zero attached hydrogens (tertiary/aromatic N) is 7. The molecule has 0 bridgehead atoms. The average Bonchev–Trinajstić information content (AvgIpc) is 3.53. The number of hydrogen-bond donors (Lipinski definition) is 2. The van der Waals surface area contributed by atoms with Crippen LogP contribution >= 0.6 is 0 Å². The molecule has 0 saturated carbocycles. The van der Waals surface area contributed by atoms with Crippen molar-refractivity contribution < 1.29 is 9.18 Å². The second kappa shape index (κ2) is 8.47. The standard InChI is InChI=1S/C26H24FN9O/c1-26(2)19-21(29-11-15-12-30-35(3)13-15)31-23(32-22(19)33-25(26)37)20-17-8-6-10-28-24(17)36(34-20)14-16-7-4-5-9-18(16)27/h4-10,12-13H,11,14H2,1-3H3,(H2,29,31,32,33,37). The first-order valence-corrected chi connectivity index (χ1v) is 11.8. The van der Waals surface area contributed by atoms with Crippen molar-refractivity contribution in [1.82, 2.24) is 34.5 Å². The van der Waals surface area contributed by atoms with Gasteiger partial charge >= 0.3 is 0 Å². The second-order valence-electron chi connectivity index (χ2n) is 9.55. The number of aromatic nitrogens is 7. The van der Waals surface area contributed by atoms with Gasteiger partial charge in [0, 0.05) is 37.1 Å². The number of hydrogen-bond acceptors (Lipinski definition) is 7. The zero-order valence-corrected chi connectivity index (χ0v) is 20.5. The molecule has 0 spiro atoms. The molecule has 0 radical (unpaired) electrons. The lowest BCUT2D eigenvalue weighted by Crippen LogP contribution is -2.27. The Labute approximate surface area is 211 Å². The fraction of sp³-hybridized carbons (Fsp3) is 0.231. The van der Waals surface area contributed by atoms with Gasteiger partial charge in [0.25, 0.3) is 0 Å². The predicted molar refractivity (Wildman–Crippen MR) is 136 cm³/mol. The van der Waals surface area contributed by atoms with Crippen LogP contribution in [0.1, 0.15) is 30.5 Å². The highest BCUT2D eigenvalue weighted by molar-refractivity contribution is 6.06. The van der Waals surface area contributed by atoms with E-state index in [0.29, 0.717) is 46.5 Å². The summed E-state index contributed by atoms with van der Waals surface area (Å²) in [6, 6.07) is 10.3. The van der Waals surface area contributed by atoms with Crippen molar-refractivity contribution in [3.63, 3.8) is 0 Å². The van der Waals surface area contributed by atoms with Gasteiger partial charge in [0.05, 0.1) is 29.1 Å². The maximum Gasteiger partial charge on any atom is 0.235 e. The number of carbonyl (C=O) groups is 1. The van der Waals surface area contributed by atoms with Crippen LogP contribution in [-0.4, -0.2) is 40.4 Å². The molecule has 0 aliphatic carbocycles. The van der Waals surface area contributed by atoms with Crippen LogP contribution in [0.15, 0.2) is 55.0 Å². The summed E-state index contributed by atoms with van der Waals surface area (Å²) in [4.78, 5) is 26.8. The normalized spacial score (nSPS) is 14.1. The minimum atomic E-state index is -0.820. The minimum Gasteiger partial charge on any atom is -0.365 e. The van der Waals surface area contributed by atoms with E-state index in [2.05, 4.69) is 20.7 Å². The lowest BCUT2D eigenvalue weighted by Gasteiger charge is -2.19. The highest BCUT2D eigenvalue weighted by Gasteiger charge is 2.43. The number of fused-ring (bicyclic) bond motifs is 2. The van der Waals surface area contributed by atoms with Crippen LogP contribution in [0.4, 0.5) is 16.0 Å². The van der Waals surface area contributed by atoms with Crippen LogP contribution in [0.25, 0.3) is 22.6 Å². The highest BCUT2D eigenvalue weighted by Crippen LogP contribution is 2.42. The molecule has 0 atom stereocenters. The smallest absolute Gasteiger partial charge is 0.235 e. The molecule has 10 nitrogen and oxygen atoms in total. The van der Waals surface area contributed by atoms with Crippen molar-refractivity contribution in [3.05, 3.63) is 77.5 Å². The molecule has 5 heterocycles. The number of pyridine rings is 1. The van der Waals surface area contributed by atoms with Gasteiger partial charge in [0.1, 0.15) is 23.1 Å². The Morgan fingerprint density at radius 3 is 2.76 bits per heavy atom. The number of benzene rings is 1. The number of anilines is 2. The Morgan fingerprint density at radius 2 is 1.97 bits per heavy atom. The first-order valence-electron chi connectivity index (χ1n) is 11.8. The number of aryl methyl sites for hydroxylation is 1. The number of rotatable bonds is 6. The number of nitrogens with one attached hydrogen (secondary N) is 2. The molecule has 11 heteroatoms. The van der Waals surface area contributed by atoms with E-state index in [1.54, 1.807) is 46.0 Å². The fourth-order valence-electron chi connectivity index (χ4n) is 4.58. The molecule has 5 aromatic rings. The zero-order valence-electron chi connectivity index (χ0n) is 20.5. The summed E-state index contributed by atoms with van der Waals surface area (Å²) in [5.41, 5.74) is 2.41. The summed E-state index contributed by atoms with van der Waals surface area (Å²) in [7, 11) is 1.85. The molecule has 37 heavy (non-hydrogen) atoms.